The van der Waals surface area contributed by atoms with Gasteiger partial charge >= 0.3 is 28.2 Å². The molecule has 2 N–H and O–H groups in total. The largest absolute Gasteiger partial charge is 0.408 e. The van der Waals surface area contributed by atoms with Crippen LogP contribution in [0.1, 0.15) is 207 Å². The number of ether oxygens (including phenoxy) is 2. The van der Waals surface area contributed by atoms with Crippen LogP contribution in [0.25, 0.3) is 0 Å². The highest BCUT2D eigenvalue weighted by Gasteiger charge is 2.40. The summed E-state index contributed by atoms with van der Waals surface area (Å²) in [5, 5.41) is 10.1. The van der Waals surface area contributed by atoms with Gasteiger partial charge in [-0.3, -0.25) is 18.3 Å². The van der Waals surface area contributed by atoms with Crippen molar-refractivity contribution in [1.82, 2.24) is 4.90 Å². The van der Waals surface area contributed by atoms with Crippen LogP contribution in [-0.2, 0) is 33.6 Å². The lowest BCUT2D eigenvalue weighted by Crippen LogP contribution is -2.54. The fourth-order valence-electron chi connectivity index (χ4n) is 5.60. The van der Waals surface area contributed by atoms with Gasteiger partial charge in [0, 0.05) is 19.8 Å². The van der Waals surface area contributed by atoms with Crippen LogP contribution in [0, 0.1) is 0 Å². The number of hydrogen-bond acceptors (Lipinski definition) is 9. The van der Waals surface area contributed by atoms with E-state index in [2.05, 4.69) is 18.0 Å². The maximum atomic E-state index is 12.6. The van der Waals surface area contributed by atoms with Gasteiger partial charge in [-0.25, -0.2) is 4.90 Å². The monoisotopic (exact) mass is 724 g/mol. The average molecular weight is 724 g/mol. The number of esters is 2. The van der Waals surface area contributed by atoms with E-state index in [4.69, 9.17) is 14.0 Å². The second-order valence-corrected chi connectivity index (χ2v) is 14.9. The van der Waals surface area contributed by atoms with E-state index in [9.17, 15) is 23.1 Å². The van der Waals surface area contributed by atoms with Gasteiger partial charge in [0.25, 0.3) is 0 Å². The van der Waals surface area contributed by atoms with E-state index in [0.717, 1.165) is 45.6 Å². The highest BCUT2D eigenvalue weighted by molar-refractivity contribution is 7.80. The summed E-state index contributed by atoms with van der Waals surface area (Å²) >= 11 is 0. The summed E-state index contributed by atoms with van der Waals surface area (Å²) in [7, 11) is -1.69. The molecule has 0 spiro atoms. The van der Waals surface area contributed by atoms with E-state index in [1.807, 2.05) is 0 Å². The Bertz CT molecular complexity index is 823. The van der Waals surface area contributed by atoms with E-state index in [1.165, 1.54) is 133 Å². The lowest BCUT2D eigenvalue weighted by molar-refractivity contribution is -0.295. The van der Waals surface area contributed by atoms with Crippen molar-refractivity contribution in [2.75, 3.05) is 14.2 Å². The predicted molar refractivity (Wildman–Crippen MR) is 199 cm³/mol. The average Bonchev–Trinajstić information content (AvgIpc) is 3.04. The lowest BCUT2D eigenvalue weighted by atomic mass is 10.0. The third-order valence-corrected chi connectivity index (χ3v) is 9.41. The lowest BCUT2D eigenvalue weighted by Gasteiger charge is -2.38. The van der Waals surface area contributed by atoms with Crippen LogP contribution in [0.3, 0.4) is 0 Å². The van der Waals surface area contributed by atoms with Crippen molar-refractivity contribution >= 4 is 22.3 Å². The molecule has 10 nitrogen and oxygen atoms in total. The molecule has 1 atom stereocenters. The van der Waals surface area contributed by atoms with E-state index < -0.39 is 34.5 Å². The first-order valence-electron chi connectivity index (χ1n) is 19.7. The summed E-state index contributed by atoms with van der Waals surface area (Å²) in [6, 6.07) is 0. The molecular weight excluding hydrogens is 646 g/mol. The molecule has 0 radical (unpaired) electrons. The summed E-state index contributed by atoms with van der Waals surface area (Å²) in [4.78, 5) is 26.6. The number of hydrogen-bond donors (Lipinski definition) is 2. The van der Waals surface area contributed by atoms with Crippen LogP contribution in [0.15, 0.2) is 0 Å². The molecule has 0 aromatic rings. The number of unbranched alkanes of at least 4 members (excludes halogenated alkanes) is 24. The zero-order valence-corrected chi connectivity index (χ0v) is 33.3. The Hall–Kier alpha value is -1.27. The number of rotatable bonds is 33. The summed E-state index contributed by atoms with van der Waals surface area (Å²) in [6.07, 6.45) is 32.0. The van der Waals surface area contributed by atoms with Crippen molar-refractivity contribution in [3.05, 3.63) is 0 Å². The number of carbonyl (C=O) groups excluding carboxylic acids is 2. The van der Waals surface area contributed by atoms with E-state index >= 15 is 0 Å². The van der Waals surface area contributed by atoms with Crippen LogP contribution >= 0.6 is 0 Å². The van der Waals surface area contributed by atoms with Crippen LogP contribution in [0.4, 0.5) is 0 Å². The molecule has 0 bridgehead atoms. The number of aliphatic hydroxyl groups is 1. The van der Waals surface area contributed by atoms with Gasteiger partial charge in [-0.1, -0.05) is 168 Å². The number of nitrogens with zero attached hydrogens (tertiary/aromatic N) is 1. The standard InChI is InChI=1S/C37H73NO5.CH4O4S/c1-6-8-10-12-14-16-18-20-22-24-26-28-30-32-35(40)42-37(4,38(5)34(3)39)43-36(41)33-31-29-27-25-23-21-19-17-15-13-11-9-7-2;1-5-6(2,3)4/h34,39H,6-33H2,1-5H3;1H3,(H,2,3,4). The summed E-state index contributed by atoms with van der Waals surface area (Å²) < 4.78 is 41.0. The predicted octanol–water partition coefficient (Wildman–Crippen LogP) is 10.4. The Labute approximate surface area is 301 Å². The Kier molecular flexibility index (Phi) is 34.4. The molecule has 0 aliphatic rings. The van der Waals surface area contributed by atoms with Gasteiger partial charge in [-0.15, -0.1) is 0 Å². The van der Waals surface area contributed by atoms with Crippen molar-refractivity contribution in [1.29, 1.82) is 0 Å². The molecule has 0 saturated carbocycles. The van der Waals surface area contributed by atoms with Crippen molar-refractivity contribution in [2.45, 2.75) is 220 Å². The SMILES string of the molecule is CCCCCCCCCCCCCCCC(=O)OC(C)(OC(=O)CCCCCCCCCCCCCCC)N(C)C(C)O.COS(=O)(=O)O. The fraction of sp³-hybridized carbons (Fsp3) is 0.947. The van der Waals surface area contributed by atoms with Gasteiger partial charge in [0.15, 0.2) is 0 Å². The summed E-state index contributed by atoms with van der Waals surface area (Å²) in [5.74, 6) is -2.41. The normalized spacial score (nSPS) is 12.4. The minimum Gasteiger partial charge on any atom is -0.408 e. The summed E-state index contributed by atoms with van der Waals surface area (Å²) in [6.45, 7) is 7.63. The Morgan fingerprint density at radius 1 is 0.592 bits per heavy atom. The Morgan fingerprint density at radius 2 is 0.816 bits per heavy atom. The van der Waals surface area contributed by atoms with E-state index in [0.29, 0.717) is 0 Å². The van der Waals surface area contributed by atoms with Crippen LogP contribution in [0.5, 0.6) is 0 Å². The molecule has 0 aromatic carbocycles. The van der Waals surface area contributed by atoms with Gasteiger partial charge in [0.1, 0.15) is 6.23 Å². The molecule has 11 heteroatoms. The van der Waals surface area contributed by atoms with E-state index in [-0.39, 0.29) is 12.8 Å². The first-order valence-corrected chi connectivity index (χ1v) is 21.1. The van der Waals surface area contributed by atoms with Crippen LogP contribution in [-0.4, -0.2) is 61.2 Å². The van der Waals surface area contributed by atoms with Crippen LogP contribution in [0.2, 0.25) is 0 Å². The highest BCUT2D eigenvalue weighted by Crippen LogP contribution is 2.23. The smallest absolute Gasteiger partial charge is 0.397 e. The third-order valence-electron chi connectivity index (χ3n) is 8.99. The molecule has 0 saturated heterocycles. The molecule has 0 fully saturated rings. The zero-order valence-electron chi connectivity index (χ0n) is 32.5. The number of aliphatic hydroxyl groups excluding tert-OH is 1. The minimum absolute atomic E-state index is 0.289. The van der Waals surface area contributed by atoms with Gasteiger partial charge in [-0.05, 0) is 26.8 Å². The van der Waals surface area contributed by atoms with Crippen molar-refractivity contribution in [3.8, 4) is 0 Å². The number of carbonyl (C=O) groups is 2. The second-order valence-electron chi connectivity index (χ2n) is 13.7. The second kappa shape index (κ2) is 33.9. The van der Waals surface area contributed by atoms with Crippen molar-refractivity contribution in [2.24, 2.45) is 0 Å². The van der Waals surface area contributed by atoms with Crippen LogP contribution < -0.4 is 0 Å². The first-order chi connectivity index (χ1) is 23.3. The summed E-state index contributed by atoms with van der Waals surface area (Å²) in [5.41, 5.74) is 0. The zero-order chi connectivity index (χ0) is 37.2. The van der Waals surface area contributed by atoms with Gasteiger partial charge < -0.3 is 14.6 Å². The Balaban J connectivity index is 0. The van der Waals surface area contributed by atoms with E-state index in [1.54, 1.807) is 20.9 Å². The highest BCUT2D eigenvalue weighted by atomic mass is 32.3. The molecule has 0 aromatic heterocycles. The molecule has 0 rings (SSSR count). The molecule has 49 heavy (non-hydrogen) atoms. The minimum atomic E-state index is -4.16. The van der Waals surface area contributed by atoms with Gasteiger partial charge in [0.05, 0.1) is 7.11 Å². The van der Waals surface area contributed by atoms with Crippen molar-refractivity contribution < 1.29 is 41.3 Å². The first kappa shape index (κ1) is 49.8. The topological polar surface area (TPSA) is 140 Å². The van der Waals surface area contributed by atoms with Gasteiger partial charge in [-0.2, -0.15) is 8.42 Å². The molecule has 0 heterocycles. The molecule has 1 unspecified atom stereocenters. The third kappa shape index (κ3) is 34.9. The molecule has 0 aliphatic carbocycles. The maximum absolute atomic E-state index is 12.6. The molecular formula is C38H77NO9S. The van der Waals surface area contributed by atoms with Gasteiger partial charge in [0.2, 0.25) is 0 Å². The quantitative estimate of drug-likeness (QED) is 0.0291. The maximum Gasteiger partial charge on any atom is 0.397 e. The molecule has 294 valence electrons. The fourth-order valence-corrected chi connectivity index (χ4v) is 5.60. The molecule has 0 amide bonds. The molecule has 0 aliphatic heterocycles. The van der Waals surface area contributed by atoms with Crippen molar-refractivity contribution in [3.63, 3.8) is 0 Å². The Morgan fingerprint density at radius 3 is 1.02 bits per heavy atom.